The summed E-state index contributed by atoms with van der Waals surface area (Å²) in [6, 6.07) is 25.5. The van der Waals surface area contributed by atoms with Gasteiger partial charge in [0.25, 0.3) is 5.91 Å². The van der Waals surface area contributed by atoms with Crippen molar-refractivity contribution < 1.29 is 9.59 Å². The fraction of sp³-hybridized carbons (Fsp3) is 0.200. The van der Waals surface area contributed by atoms with Crippen molar-refractivity contribution in [3.05, 3.63) is 101 Å². The molecule has 0 aliphatic carbocycles. The zero-order valence-corrected chi connectivity index (χ0v) is 17.7. The Labute approximate surface area is 181 Å². The van der Waals surface area contributed by atoms with Gasteiger partial charge >= 0.3 is 0 Å². The molecule has 1 aliphatic rings. The fourth-order valence-electron chi connectivity index (χ4n) is 3.51. The highest BCUT2D eigenvalue weighted by molar-refractivity contribution is 8.00. The van der Waals surface area contributed by atoms with Crippen LogP contribution in [0.3, 0.4) is 0 Å². The van der Waals surface area contributed by atoms with E-state index in [4.69, 9.17) is 0 Å². The van der Waals surface area contributed by atoms with Gasteiger partial charge in [0.15, 0.2) is 0 Å². The summed E-state index contributed by atoms with van der Waals surface area (Å²) in [4.78, 5) is 26.9. The quantitative estimate of drug-likeness (QED) is 0.611. The molecule has 5 heteroatoms. The van der Waals surface area contributed by atoms with Crippen LogP contribution in [0.2, 0.25) is 0 Å². The lowest BCUT2D eigenvalue weighted by molar-refractivity contribution is -0.128. The SMILES string of the molecule is Cc1ccc(NC(=O)c2ccc([C@@H]3SCC(=O)N3CCc3ccccc3)cc2)cc1. The van der Waals surface area contributed by atoms with Gasteiger partial charge in [0.2, 0.25) is 5.91 Å². The molecule has 4 nitrogen and oxygen atoms in total. The molecule has 3 aromatic rings. The van der Waals surface area contributed by atoms with E-state index in [-0.39, 0.29) is 17.2 Å². The van der Waals surface area contributed by atoms with Crippen molar-refractivity contribution in [1.82, 2.24) is 4.90 Å². The molecule has 0 aromatic heterocycles. The Bertz CT molecular complexity index is 1020. The molecule has 152 valence electrons. The number of benzene rings is 3. The van der Waals surface area contributed by atoms with Gasteiger partial charge in [0, 0.05) is 17.8 Å². The lowest BCUT2D eigenvalue weighted by Crippen LogP contribution is -2.30. The van der Waals surface area contributed by atoms with Crippen molar-refractivity contribution >= 4 is 29.3 Å². The Morgan fingerprint density at radius 2 is 1.70 bits per heavy atom. The van der Waals surface area contributed by atoms with Crippen LogP contribution in [0.25, 0.3) is 0 Å². The highest BCUT2D eigenvalue weighted by Crippen LogP contribution is 2.38. The van der Waals surface area contributed by atoms with Crippen LogP contribution in [0.5, 0.6) is 0 Å². The van der Waals surface area contributed by atoms with E-state index in [0.29, 0.717) is 17.9 Å². The van der Waals surface area contributed by atoms with Gasteiger partial charge in [-0.15, -0.1) is 11.8 Å². The van der Waals surface area contributed by atoms with Crippen LogP contribution in [-0.2, 0) is 11.2 Å². The second kappa shape index (κ2) is 9.18. The predicted octanol–water partition coefficient (Wildman–Crippen LogP) is 5.06. The van der Waals surface area contributed by atoms with Crippen molar-refractivity contribution in [3.63, 3.8) is 0 Å². The number of nitrogens with one attached hydrogen (secondary N) is 1. The first-order chi connectivity index (χ1) is 14.6. The molecule has 0 bridgehead atoms. The van der Waals surface area contributed by atoms with E-state index >= 15 is 0 Å². The predicted molar refractivity (Wildman–Crippen MR) is 123 cm³/mol. The van der Waals surface area contributed by atoms with E-state index < -0.39 is 0 Å². The number of aryl methyl sites for hydroxylation is 1. The molecule has 1 fully saturated rings. The van der Waals surface area contributed by atoms with E-state index in [1.54, 1.807) is 11.8 Å². The molecule has 4 rings (SSSR count). The van der Waals surface area contributed by atoms with Crippen LogP contribution in [0.1, 0.15) is 32.4 Å². The largest absolute Gasteiger partial charge is 0.326 e. The minimum Gasteiger partial charge on any atom is -0.326 e. The standard InChI is InChI=1S/C25H24N2O2S/c1-18-7-13-22(14-8-18)26-24(29)20-9-11-21(12-10-20)25-27(23(28)17-30-25)16-15-19-5-3-2-4-6-19/h2-14,25H,15-17H2,1H3,(H,26,29)/t25-/m0/s1. The van der Waals surface area contributed by atoms with Crippen LogP contribution in [-0.4, -0.2) is 29.0 Å². The van der Waals surface area contributed by atoms with Crippen molar-refractivity contribution in [2.45, 2.75) is 18.7 Å². The number of nitrogens with zero attached hydrogens (tertiary/aromatic N) is 1. The lowest BCUT2D eigenvalue weighted by Gasteiger charge is -2.24. The molecule has 3 aromatic carbocycles. The normalized spacial score (nSPS) is 16.0. The third-order valence-corrected chi connectivity index (χ3v) is 6.48. The van der Waals surface area contributed by atoms with Gasteiger partial charge in [0.1, 0.15) is 5.37 Å². The number of rotatable bonds is 6. The number of carbonyl (C=O) groups is 2. The maximum atomic E-state index is 12.5. The van der Waals surface area contributed by atoms with Gasteiger partial charge in [-0.05, 0) is 48.7 Å². The number of hydrogen-bond acceptors (Lipinski definition) is 3. The average Bonchev–Trinajstić information content (AvgIpc) is 3.15. The van der Waals surface area contributed by atoms with Gasteiger partial charge in [-0.1, -0.05) is 60.2 Å². The molecule has 1 heterocycles. The molecular weight excluding hydrogens is 392 g/mol. The van der Waals surface area contributed by atoms with E-state index in [1.165, 1.54) is 5.56 Å². The Balaban J connectivity index is 1.42. The van der Waals surface area contributed by atoms with E-state index in [2.05, 4.69) is 17.4 Å². The number of hydrogen-bond donors (Lipinski definition) is 1. The Kier molecular flexibility index (Phi) is 6.19. The Hall–Kier alpha value is -3.05. The maximum Gasteiger partial charge on any atom is 0.255 e. The summed E-state index contributed by atoms with van der Waals surface area (Å²) in [5.41, 5.74) is 4.80. The minimum atomic E-state index is -0.138. The number of anilines is 1. The van der Waals surface area contributed by atoms with E-state index in [0.717, 1.165) is 23.2 Å². The summed E-state index contributed by atoms with van der Waals surface area (Å²) >= 11 is 1.64. The minimum absolute atomic E-state index is 0.00424. The lowest BCUT2D eigenvalue weighted by atomic mass is 10.1. The van der Waals surface area contributed by atoms with Gasteiger partial charge in [-0.2, -0.15) is 0 Å². The third kappa shape index (κ3) is 4.74. The molecule has 1 atom stereocenters. The molecule has 30 heavy (non-hydrogen) atoms. The first-order valence-electron chi connectivity index (χ1n) is 10.0. The highest BCUT2D eigenvalue weighted by atomic mass is 32.2. The molecule has 1 aliphatic heterocycles. The van der Waals surface area contributed by atoms with Crippen molar-refractivity contribution in [2.75, 3.05) is 17.6 Å². The van der Waals surface area contributed by atoms with Crippen LogP contribution in [0, 0.1) is 6.92 Å². The fourth-order valence-corrected chi connectivity index (χ4v) is 4.72. The second-order valence-electron chi connectivity index (χ2n) is 7.43. The van der Waals surface area contributed by atoms with E-state index in [1.807, 2.05) is 78.6 Å². The van der Waals surface area contributed by atoms with Gasteiger partial charge in [0.05, 0.1) is 5.75 Å². The van der Waals surface area contributed by atoms with Crippen LogP contribution < -0.4 is 5.32 Å². The molecule has 1 N–H and O–H groups in total. The Morgan fingerprint density at radius 3 is 2.40 bits per heavy atom. The first kappa shape index (κ1) is 20.2. The summed E-state index contributed by atoms with van der Waals surface area (Å²) in [5, 5.41) is 2.92. The van der Waals surface area contributed by atoms with E-state index in [9.17, 15) is 9.59 Å². The molecular formula is C25H24N2O2S. The molecule has 0 unspecified atom stereocenters. The van der Waals surface area contributed by atoms with Crippen LogP contribution in [0.4, 0.5) is 5.69 Å². The third-order valence-electron chi connectivity index (χ3n) is 5.22. The Morgan fingerprint density at radius 1 is 1.00 bits per heavy atom. The van der Waals surface area contributed by atoms with Gasteiger partial charge in [-0.25, -0.2) is 0 Å². The number of thioether (sulfide) groups is 1. The van der Waals surface area contributed by atoms with Crippen molar-refractivity contribution in [3.8, 4) is 0 Å². The first-order valence-corrected chi connectivity index (χ1v) is 11.1. The highest BCUT2D eigenvalue weighted by Gasteiger charge is 2.32. The zero-order valence-electron chi connectivity index (χ0n) is 16.9. The number of carbonyl (C=O) groups excluding carboxylic acids is 2. The summed E-state index contributed by atoms with van der Waals surface area (Å²) in [7, 11) is 0. The van der Waals surface area contributed by atoms with Crippen molar-refractivity contribution in [2.24, 2.45) is 0 Å². The number of amides is 2. The second-order valence-corrected chi connectivity index (χ2v) is 8.50. The van der Waals surface area contributed by atoms with Crippen molar-refractivity contribution in [1.29, 1.82) is 0 Å². The van der Waals surface area contributed by atoms with Crippen LogP contribution >= 0.6 is 11.8 Å². The summed E-state index contributed by atoms with van der Waals surface area (Å²) < 4.78 is 0. The maximum absolute atomic E-state index is 12.5. The summed E-state index contributed by atoms with van der Waals surface area (Å²) in [6.07, 6.45) is 0.834. The monoisotopic (exact) mass is 416 g/mol. The van der Waals surface area contributed by atoms with Crippen LogP contribution in [0.15, 0.2) is 78.9 Å². The average molecular weight is 417 g/mol. The summed E-state index contributed by atoms with van der Waals surface area (Å²) in [5.74, 6) is 0.526. The molecule has 0 radical (unpaired) electrons. The van der Waals surface area contributed by atoms with Gasteiger partial charge < -0.3 is 10.2 Å². The summed E-state index contributed by atoms with van der Waals surface area (Å²) in [6.45, 7) is 2.70. The molecule has 0 saturated carbocycles. The zero-order chi connectivity index (χ0) is 20.9. The molecule has 2 amide bonds. The van der Waals surface area contributed by atoms with Gasteiger partial charge in [-0.3, -0.25) is 9.59 Å². The topological polar surface area (TPSA) is 49.4 Å². The molecule has 1 saturated heterocycles. The molecule has 0 spiro atoms. The smallest absolute Gasteiger partial charge is 0.255 e.